The van der Waals surface area contributed by atoms with E-state index >= 15 is 0 Å². The van der Waals surface area contributed by atoms with Crippen LogP contribution in [0.15, 0.2) is 0 Å². The molecular formula is C6H11BrF3N. The van der Waals surface area contributed by atoms with E-state index in [4.69, 9.17) is 0 Å². The number of hydrogen-bond acceptors (Lipinski definition) is 1. The van der Waals surface area contributed by atoms with Crippen LogP contribution in [0.4, 0.5) is 13.2 Å². The highest BCUT2D eigenvalue weighted by molar-refractivity contribution is 9.09. The Labute approximate surface area is 72.7 Å². The molecule has 0 amide bonds. The molecule has 0 aliphatic rings. The predicted octanol–water partition coefficient (Wildman–Crippen LogP) is 2.26. The van der Waals surface area contributed by atoms with E-state index in [9.17, 15) is 13.2 Å². The van der Waals surface area contributed by atoms with Crippen LogP contribution in [0.5, 0.6) is 0 Å². The summed E-state index contributed by atoms with van der Waals surface area (Å²) in [5.41, 5.74) is 0. The maximum atomic E-state index is 11.7. The molecule has 1 atom stereocenters. The van der Waals surface area contributed by atoms with Gasteiger partial charge in [0.25, 0.3) is 0 Å². The van der Waals surface area contributed by atoms with Gasteiger partial charge in [0.05, 0.1) is 6.54 Å². The van der Waals surface area contributed by atoms with Crippen molar-refractivity contribution in [3.05, 3.63) is 0 Å². The van der Waals surface area contributed by atoms with Crippen molar-refractivity contribution in [1.29, 1.82) is 0 Å². The summed E-state index contributed by atoms with van der Waals surface area (Å²) < 4.78 is 35.2. The second kappa shape index (κ2) is 4.30. The lowest BCUT2D eigenvalue weighted by Crippen LogP contribution is -2.38. The van der Waals surface area contributed by atoms with Gasteiger partial charge >= 0.3 is 6.18 Å². The van der Waals surface area contributed by atoms with Crippen LogP contribution in [0.25, 0.3) is 0 Å². The van der Waals surface area contributed by atoms with Gasteiger partial charge in [-0.2, -0.15) is 13.2 Å². The van der Waals surface area contributed by atoms with Crippen molar-refractivity contribution in [1.82, 2.24) is 4.90 Å². The van der Waals surface area contributed by atoms with Crippen LogP contribution in [0.1, 0.15) is 6.92 Å². The Morgan fingerprint density at radius 2 is 1.91 bits per heavy atom. The van der Waals surface area contributed by atoms with Gasteiger partial charge in [-0.1, -0.05) is 15.9 Å². The Kier molecular flexibility index (Phi) is 4.39. The average molecular weight is 234 g/mol. The Balaban J connectivity index is 3.77. The molecule has 1 nitrogen and oxygen atoms in total. The minimum Gasteiger partial charge on any atom is -0.295 e. The molecule has 0 aromatic rings. The van der Waals surface area contributed by atoms with Crippen LogP contribution in [0.3, 0.4) is 0 Å². The third kappa shape index (κ3) is 5.49. The van der Waals surface area contributed by atoms with Crippen molar-refractivity contribution in [2.75, 3.05) is 18.9 Å². The van der Waals surface area contributed by atoms with Crippen LogP contribution >= 0.6 is 15.9 Å². The lowest BCUT2D eigenvalue weighted by Gasteiger charge is -2.23. The van der Waals surface area contributed by atoms with E-state index in [1.165, 1.54) is 11.9 Å². The quantitative estimate of drug-likeness (QED) is 0.677. The minimum absolute atomic E-state index is 0.0865. The smallest absolute Gasteiger partial charge is 0.295 e. The van der Waals surface area contributed by atoms with E-state index in [0.717, 1.165) is 0 Å². The van der Waals surface area contributed by atoms with Gasteiger partial charge in [0.15, 0.2) is 0 Å². The van der Waals surface area contributed by atoms with Gasteiger partial charge in [-0.05, 0) is 14.0 Å². The van der Waals surface area contributed by atoms with E-state index in [2.05, 4.69) is 15.9 Å². The van der Waals surface area contributed by atoms with Crippen molar-refractivity contribution in [3.8, 4) is 0 Å². The van der Waals surface area contributed by atoms with E-state index in [0.29, 0.717) is 5.33 Å². The molecule has 1 unspecified atom stereocenters. The largest absolute Gasteiger partial charge is 0.401 e. The molecule has 0 bridgehead atoms. The van der Waals surface area contributed by atoms with Gasteiger partial charge < -0.3 is 0 Å². The van der Waals surface area contributed by atoms with Crippen LogP contribution in [-0.2, 0) is 0 Å². The van der Waals surface area contributed by atoms with Gasteiger partial charge in [-0.3, -0.25) is 4.90 Å². The van der Waals surface area contributed by atoms with Gasteiger partial charge in [0.2, 0.25) is 0 Å². The fourth-order valence-electron chi connectivity index (χ4n) is 0.556. The first-order valence-electron chi connectivity index (χ1n) is 3.20. The summed E-state index contributed by atoms with van der Waals surface area (Å²) in [5, 5.41) is 0.555. The topological polar surface area (TPSA) is 3.24 Å². The fraction of sp³-hybridized carbons (Fsp3) is 1.00. The third-order valence-electron chi connectivity index (χ3n) is 1.40. The molecule has 0 rings (SSSR count). The summed E-state index contributed by atoms with van der Waals surface area (Å²) in [6.07, 6.45) is -4.09. The van der Waals surface area contributed by atoms with E-state index in [-0.39, 0.29) is 6.04 Å². The first-order valence-corrected chi connectivity index (χ1v) is 4.32. The maximum absolute atomic E-state index is 11.7. The van der Waals surface area contributed by atoms with Crippen LogP contribution in [0.2, 0.25) is 0 Å². The predicted molar refractivity (Wildman–Crippen MR) is 41.9 cm³/mol. The molecular weight excluding hydrogens is 223 g/mol. The highest BCUT2D eigenvalue weighted by Gasteiger charge is 2.30. The summed E-state index contributed by atoms with van der Waals surface area (Å²) in [7, 11) is 1.46. The Morgan fingerprint density at radius 3 is 2.18 bits per heavy atom. The van der Waals surface area contributed by atoms with Crippen LogP contribution < -0.4 is 0 Å². The first-order chi connectivity index (χ1) is 4.87. The summed E-state index contributed by atoms with van der Waals surface area (Å²) in [5.74, 6) is 0. The highest BCUT2D eigenvalue weighted by Crippen LogP contribution is 2.17. The number of nitrogens with zero attached hydrogens (tertiary/aromatic N) is 1. The van der Waals surface area contributed by atoms with Crippen molar-refractivity contribution >= 4 is 15.9 Å². The Morgan fingerprint density at radius 1 is 1.45 bits per heavy atom. The summed E-state index contributed by atoms with van der Waals surface area (Å²) in [4.78, 5) is 1.26. The molecule has 0 N–H and O–H groups in total. The Bertz CT molecular complexity index is 115. The lowest BCUT2D eigenvalue weighted by atomic mass is 10.3. The Hall–Kier alpha value is 0.230. The van der Waals surface area contributed by atoms with Gasteiger partial charge in [-0.25, -0.2) is 0 Å². The van der Waals surface area contributed by atoms with Crippen molar-refractivity contribution in [2.24, 2.45) is 0 Å². The SMILES string of the molecule is CC(CBr)N(C)CC(F)(F)F. The van der Waals surface area contributed by atoms with Crippen molar-refractivity contribution in [3.63, 3.8) is 0 Å². The molecule has 0 saturated heterocycles. The minimum atomic E-state index is -4.09. The number of rotatable bonds is 3. The number of halogens is 4. The zero-order valence-electron chi connectivity index (χ0n) is 6.45. The van der Waals surface area contributed by atoms with Crippen LogP contribution in [-0.4, -0.2) is 36.0 Å². The lowest BCUT2D eigenvalue weighted by molar-refractivity contribution is -0.145. The molecule has 0 radical (unpaired) electrons. The highest BCUT2D eigenvalue weighted by atomic mass is 79.9. The van der Waals surface area contributed by atoms with E-state index < -0.39 is 12.7 Å². The summed E-state index contributed by atoms with van der Waals surface area (Å²) in [6, 6.07) is -0.0865. The first kappa shape index (κ1) is 11.2. The zero-order chi connectivity index (χ0) is 9.07. The normalized spacial score (nSPS) is 15.5. The molecule has 0 heterocycles. The summed E-state index contributed by atoms with van der Waals surface area (Å²) >= 11 is 3.11. The molecule has 0 aromatic carbocycles. The van der Waals surface area contributed by atoms with Gasteiger partial charge in [0.1, 0.15) is 0 Å². The monoisotopic (exact) mass is 233 g/mol. The van der Waals surface area contributed by atoms with E-state index in [1.54, 1.807) is 6.92 Å². The molecule has 0 saturated carbocycles. The molecule has 0 aromatic heterocycles. The molecule has 68 valence electrons. The third-order valence-corrected chi connectivity index (χ3v) is 2.34. The molecule has 5 heteroatoms. The number of hydrogen-bond donors (Lipinski definition) is 0. The van der Waals surface area contributed by atoms with Crippen molar-refractivity contribution in [2.45, 2.75) is 19.1 Å². The number of alkyl halides is 4. The molecule has 0 fully saturated rings. The van der Waals surface area contributed by atoms with Crippen LogP contribution in [0, 0.1) is 0 Å². The fourth-order valence-corrected chi connectivity index (χ4v) is 1.05. The second-order valence-electron chi connectivity index (χ2n) is 2.53. The molecule has 0 aliphatic carbocycles. The maximum Gasteiger partial charge on any atom is 0.401 e. The summed E-state index contributed by atoms with van der Waals surface area (Å²) in [6.45, 7) is 0.889. The molecule has 0 aliphatic heterocycles. The van der Waals surface area contributed by atoms with Gasteiger partial charge in [-0.15, -0.1) is 0 Å². The average Bonchev–Trinajstić information content (AvgIpc) is 1.82. The zero-order valence-corrected chi connectivity index (χ0v) is 8.04. The second-order valence-corrected chi connectivity index (χ2v) is 3.18. The van der Waals surface area contributed by atoms with Crippen molar-refractivity contribution < 1.29 is 13.2 Å². The van der Waals surface area contributed by atoms with E-state index in [1.807, 2.05) is 0 Å². The standard InChI is InChI=1S/C6H11BrF3N/c1-5(3-7)11(2)4-6(8,9)10/h5H,3-4H2,1-2H3. The van der Waals surface area contributed by atoms with Gasteiger partial charge in [0, 0.05) is 11.4 Å². The molecule has 11 heavy (non-hydrogen) atoms. The molecule has 0 spiro atoms.